The van der Waals surface area contributed by atoms with Gasteiger partial charge in [-0.25, -0.2) is 0 Å². The largest absolute Gasteiger partial charge is 0.493 e. The molecule has 21 heavy (non-hydrogen) atoms. The molecule has 1 aromatic carbocycles. The molecule has 2 rings (SSSR count). The summed E-state index contributed by atoms with van der Waals surface area (Å²) in [5, 5.41) is 6.19. The maximum Gasteiger partial charge on any atom is 0.255 e. The van der Waals surface area contributed by atoms with Crippen molar-refractivity contribution >= 4 is 18.3 Å². The molecule has 1 atom stereocenters. The van der Waals surface area contributed by atoms with E-state index in [0.29, 0.717) is 22.8 Å². The van der Waals surface area contributed by atoms with Gasteiger partial charge in [0.2, 0.25) is 5.75 Å². The van der Waals surface area contributed by atoms with Crippen molar-refractivity contribution in [2.24, 2.45) is 0 Å². The number of carbonyl (C=O) groups excluding carboxylic acids is 1. The number of benzene rings is 1. The van der Waals surface area contributed by atoms with Crippen molar-refractivity contribution in [3.63, 3.8) is 0 Å². The summed E-state index contributed by atoms with van der Waals surface area (Å²) < 4.78 is 15.8. The molecule has 1 aromatic rings. The van der Waals surface area contributed by atoms with Gasteiger partial charge in [0.15, 0.2) is 11.5 Å². The lowest BCUT2D eigenvalue weighted by atomic mass is 10.1. The van der Waals surface area contributed by atoms with Gasteiger partial charge in [-0.05, 0) is 25.1 Å². The highest BCUT2D eigenvalue weighted by Crippen LogP contribution is 2.39. The van der Waals surface area contributed by atoms with E-state index in [4.69, 9.17) is 14.2 Å². The topological polar surface area (TPSA) is 68.8 Å². The predicted molar refractivity (Wildman–Crippen MR) is 82.1 cm³/mol. The van der Waals surface area contributed by atoms with Crippen LogP contribution in [0.2, 0.25) is 0 Å². The second-order valence-corrected chi connectivity index (χ2v) is 4.55. The standard InChI is InChI=1S/C14H20N2O4.ClH/c1-18-11-5-4-10(12(19-2)13(11)20-3)14(17)16-9-6-7-15-8-9;/h4-5,9,15H,6-8H2,1-3H3,(H,16,17);1H. The average Bonchev–Trinajstić information content (AvgIpc) is 2.98. The summed E-state index contributed by atoms with van der Waals surface area (Å²) in [6.07, 6.45) is 0.932. The van der Waals surface area contributed by atoms with Crippen LogP contribution in [0.15, 0.2) is 12.1 Å². The van der Waals surface area contributed by atoms with Crippen LogP contribution in [-0.2, 0) is 0 Å². The van der Waals surface area contributed by atoms with Crippen LogP contribution in [0, 0.1) is 0 Å². The molecular formula is C14H21ClN2O4. The molecule has 0 bridgehead atoms. The first-order valence-electron chi connectivity index (χ1n) is 6.51. The van der Waals surface area contributed by atoms with Crippen LogP contribution in [0.1, 0.15) is 16.8 Å². The highest BCUT2D eigenvalue weighted by atomic mass is 35.5. The molecule has 1 unspecified atom stereocenters. The highest BCUT2D eigenvalue weighted by Gasteiger charge is 2.23. The number of carbonyl (C=O) groups is 1. The normalized spacial score (nSPS) is 16.8. The number of halogens is 1. The number of ether oxygens (including phenoxy) is 3. The van der Waals surface area contributed by atoms with Crippen LogP contribution in [0.5, 0.6) is 17.2 Å². The second-order valence-electron chi connectivity index (χ2n) is 4.55. The smallest absolute Gasteiger partial charge is 0.255 e. The Kier molecular flexibility index (Phi) is 6.58. The molecular weight excluding hydrogens is 296 g/mol. The van der Waals surface area contributed by atoms with Crippen molar-refractivity contribution in [3.05, 3.63) is 17.7 Å². The zero-order valence-corrected chi connectivity index (χ0v) is 13.2. The third-order valence-electron chi connectivity index (χ3n) is 3.34. The minimum Gasteiger partial charge on any atom is -0.493 e. The van der Waals surface area contributed by atoms with E-state index >= 15 is 0 Å². The maximum atomic E-state index is 12.3. The van der Waals surface area contributed by atoms with E-state index in [0.717, 1.165) is 19.5 Å². The van der Waals surface area contributed by atoms with E-state index in [1.165, 1.54) is 14.2 Å². The van der Waals surface area contributed by atoms with Crippen LogP contribution in [0.4, 0.5) is 0 Å². The molecule has 1 heterocycles. The lowest BCUT2D eigenvalue weighted by Gasteiger charge is -2.17. The van der Waals surface area contributed by atoms with E-state index in [9.17, 15) is 4.79 Å². The monoisotopic (exact) mass is 316 g/mol. The quantitative estimate of drug-likeness (QED) is 0.855. The summed E-state index contributed by atoms with van der Waals surface area (Å²) in [6, 6.07) is 3.53. The summed E-state index contributed by atoms with van der Waals surface area (Å²) in [6.45, 7) is 1.72. The second kappa shape index (κ2) is 7.95. The van der Waals surface area contributed by atoms with Crippen LogP contribution in [0.25, 0.3) is 0 Å². The summed E-state index contributed by atoms with van der Waals surface area (Å²) in [5.74, 6) is 1.17. The number of methoxy groups -OCH3 is 3. The van der Waals surface area contributed by atoms with Gasteiger partial charge >= 0.3 is 0 Å². The summed E-state index contributed by atoms with van der Waals surface area (Å²) in [5.41, 5.74) is 0.442. The van der Waals surface area contributed by atoms with Gasteiger partial charge in [0.05, 0.1) is 26.9 Å². The first-order valence-corrected chi connectivity index (χ1v) is 6.51. The summed E-state index contributed by atoms with van der Waals surface area (Å²) in [7, 11) is 4.56. The van der Waals surface area contributed by atoms with Crippen LogP contribution in [0.3, 0.4) is 0 Å². The number of nitrogens with one attached hydrogen (secondary N) is 2. The Morgan fingerprint density at radius 1 is 1.19 bits per heavy atom. The molecule has 0 saturated carbocycles. The fourth-order valence-corrected chi connectivity index (χ4v) is 2.32. The number of hydrogen-bond acceptors (Lipinski definition) is 5. The van der Waals surface area contributed by atoms with E-state index in [1.807, 2.05) is 0 Å². The van der Waals surface area contributed by atoms with Crippen LogP contribution >= 0.6 is 12.4 Å². The van der Waals surface area contributed by atoms with E-state index in [1.54, 1.807) is 19.2 Å². The number of amides is 1. The first-order chi connectivity index (χ1) is 9.71. The van der Waals surface area contributed by atoms with Gasteiger partial charge in [-0.2, -0.15) is 0 Å². The Balaban J connectivity index is 0.00000220. The minimum absolute atomic E-state index is 0. The van der Waals surface area contributed by atoms with Crippen molar-refractivity contribution < 1.29 is 19.0 Å². The molecule has 7 heteroatoms. The molecule has 0 spiro atoms. The van der Waals surface area contributed by atoms with Gasteiger partial charge in [-0.3, -0.25) is 4.79 Å². The Morgan fingerprint density at radius 3 is 2.43 bits per heavy atom. The molecule has 0 radical (unpaired) electrons. The molecule has 2 N–H and O–H groups in total. The zero-order valence-electron chi connectivity index (χ0n) is 12.4. The summed E-state index contributed by atoms with van der Waals surface area (Å²) in [4.78, 5) is 12.3. The number of rotatable bonds is 5. The SMILES string of the molecule is COc1ccc(C(=O)NC2CCNC2)c(OC)c1OC.Cl. The molecule has 1 aliphatic rings. The van der Waals surface area contributed by atoms with Crippen molar-refractivity contribution in [1.29, 1.82) is 0 Å². The Bertz CT molecular complexity index is 490. The van der Waals surface area contributed by atoms with Crippen molar-refractivity contribution in [1.82, 2.24) is 10.6 Å². The van der Waals surface area contributed by atoms with Crippen molar-refractivity contribution in [2.75, 3.05) is 34.4 Å². The molecule has 0 aliphatic carbocycles. The Labute approximate surface area is 130 Å². The molecule has 6 nitrogen and oxygen atoms in total. The molecule has 1 saturated heterocycles. The molecule has 1 fully saturated rings. The van der Waals surface area contributed by atoms with Crippen LogP contribution < -0.4 is 24.8 Å². The minimum atomic E-state index is -0.170. The zero-order chi connectivity index (χ0) is 14.5. The molecule has 118 valence electrons. The fourth-order valence-electron chi connectivity index (χ4n) is 2.32. The Hall–Kier alpha value is -1.66. The van der Waals surface area contributed by atoms with Gasteiger partial charge < -0.3 is 24.8 Å². The van der Waals surface area contributed by atoms with E-state index < -0.39 is 0 Å². The average molecular weight is 317 g/mol. The van der Waals surface area contributed by atoms with Crippen molar-refractivity contribution in [2.45, 2.75) is 12.5 Å². The van der Waals surface area contributed by atoms with Crippen molar-refractivity contribution in [3.8, 4) is 17.2 Å². The van der Waals surface area contributed by atoms with Gasteiger partial charge in [-0.1, -0.05) is 0 Å². The van der Waals surface area contributed by atoms with E-state index in [2.05, 4.69) is 10.6 Å². The summed E-state index contributed by atoms with van der Waals surface area (Å²) >= 11 is 0. The predicted octanol–water partition coefficient (Wildman–Crippen LogP) is 1.23. The van der Waals surface area contributed by atoms with Gasteiger partial charge in [0.25, 0.3) is 5.91 Å². The molecule has 0 aromatic heterocycles. The lowest BCUT2D eigenvalue weighted by molar-refractivity contribution is 0.0936. The van der Waals surface area contributed by atoms with Crippen LogP contribution in [-0.4, -0.2) is 46.4 Å². The molecule has 1 amide bonds. The maximum absolute atomic E-state index is 12.3. The van der Waals surface area contributed by atoms with Gasteiger partial charge in [0.1, 0.15) is 0 Å². The third kappa shape index (κ3) is 3.71. The molecule has 1 aliphatic heterocycles. The highest BCUT2D eigenvalue weighted by molar-refractivity contribution is 5.98. The fraction of sp³-hybridized carbons (Fsp3) is 0.500. The van der Waals surface area contributed by atoms with E-state index in [-0.39, 0.29) is 24.4 Å². The Morgan fingerprint density at radius 2 is 1.90 bits per heavy atom. The van der Waals surface area contributed by atoms with Gasteiger partial charge in [-0.15, -0.1) is 12.4 Å². The van der Waals surface area contributed by atoms with Gasteiger partial charge in [0, 0.05) is 12.6 Å². The number of hydrogen-bond donors (Lipinski definition) is 2. The third-order valence-corrected chi connectivity index (χ3v) is 3.34. The first kappa shape index (κ1) is 17.4. The lowest BCUT2D eigenvalue weighted by Crippen LogP contribution is -2.36.